The molecule has 12 heavy (non-hydrogen) atoms. The van der Waals surface area contributed by atoms with E-state index in [0.29, 0.717) is 5.92 Å². The fourth-order valence-corrected chi connectivity index (χ4v) is 2.40. The Hall–Kier alpha value is 0.140. The Kier molecular flexibility index (Phi) is 3.75. The van der Waals surface area contributed by atoms with E-state index in [1.54, 1.807) is 11.3 Å². The smallest absolute Gasteiger partial charge is 0.0611 e. The van der Waals surface area contributed by atoms with E-state index in [0.717, 1.165) is 10.9 Å². The average Bonchev–Trinajstić information content (AvgIpc) is 2.35. The minimum atomic E-state index is -0.212. The van der Waals surface area contributed by atoms with Crippen molar-refractivity contribution in [1.29, 1.82) is 0 Å². The SMILES string of the molecule is CC(C)C(O)Cc1cc(Br)cs1. The zero-order valence-corrected chi connectivity index (χ0v) is 9.65. The molecule has 3 heteroatoms. The molecule has 1 aromatic rings. The Balaban J connectivity index is 2.52. The second-order valence-electron chi connectivity index (χ2n) is 3.25. The number of hydrogen-bond acceptors (Lipinski definition) is 2. The van der Waals surface area contributed by atoms with Gasteiger partial charge in [0, 0.05) is 21.2 Å². The molecule has 1 atom stereocenters. The average molecular weight is 249 g/mol. The molecule has 0 aliphatic rings. The van der Waals surface area contributed by atoms with Gasteiger partial charge in [-0.25, -0.2) is 0 Å². The molecule has 1 aromatic heterocycles. The lowest BCUT2D eigenvalue weighted by Crippen LogP contribution is -2.16. The minimum Gasteiger partial charge on any atom is -0.392 e. The third kappa shape index (κ3) is 2.88. The van der Waals surface area contributed by atoms with Crippen molar-refractivity contribution in [2.24, 2.45) is 5.92 Å². The van der Waals surface area contributed by atoms with E-state index < -0.39 is 0 Å². The summed E-state index contributed by atoms with van der Waals surface area (Å²) in [5, 5.41) is 11.6. The Morgan fingerprint density at radius 3 is 2.67 bits per heavy atom. The Morgan fingerprint density at radius 1 is 1.58 bits per heavy atom. The zero-order chi connectivity index (χ0) is 9.14. The van der Waals surface area contributed by atoms with Crippen molar-refractivity contribution >= 4 is 27.3 Å². The maximum atomic E-state index is 9.58. The van der Waals surface area contributed by atoms with Gasteiger partial charge in [0.1, 0.15) is 0 Å². The first-order valence-corrected chi connectivity index (χ1v) is 5.68. The van der Waals surface area contributed by atoms with Gasteiger partial charge in [0.25, 0.3) is 0 Å². The first kappa shape index (κ1) is 10.2. The highest BCUT2D eigenvalue weighted by molar-refractivity contribution is 9.10. The van der Waals surface area contributed by atoms with Gasteiger partial charge in [-0.15, -0.1) is 11.3 Å². The summed E-state index contributed by atoms with van der Waals surface area (Å²) in [4.78, 5) is 1.24. The number of aliphatic hydroxyl groups excluding tert-OH is 1. The monoisotopic (exact) mass is 248 g/mol. The highest BCUT2D eigenvalue weighted by Gasteiger charge is 2.10. The number of halogens is 1. The maximum absolute atomic E-state index is 9.58. The first-order chi connectivity index (χ1) is 5.59. The van der Waals surface area contributed by atoms with Crippen LogP contribution in [0, 0.1) is 5.92 Å². The normalized spacial score (nSPS) is 13.8. The van der Waals surface area contributed by atoms with Crippen LogP contribution in [0.5, 0.6) is 0 Å². The molecule has 0 saturated heterocycles. The van der Waals surface area contributed by atoms with Crippen LogP contribution in [-0.2, 0) is 6.42 Å². The molecule has 1 unspecified atom stereocenters. The van der Waals surface area contributed by atoms with Gasteiger partial charge >= 0.3 is 0 Å². The maximum Gasteiger partial charge on any atom is 0.0611 e. The van der Waals surface area contributed by atoms with Crippen molar-refractivity contribution in [3.63, 3.8) is 0 Å². The van der Waals surface area contributed by atoms with Gasteiger partial charge in [-0.1, -0.05) is 13.8 Å². The van der Waals surface area contributed by atoms with Gasteiger partial charge in [0.05, 0.1) is 6.10 Å². The highest BCUT2D eigenvalue weighted by atomic mass is 79.9. The van der Waals surface area contributed by atoms with E-state index in [4.69, 9.17) is 0 Å². The van der Waals surface area contributed by atoms with Gasteiger partial charge in [-0.05, 0) is 27.9 Å². The molecule has 0 saturated carbocycles. The lowest BCUT2D eigenvalue weighted by molar-refractivity contribution is 0.126. The molecule has 1 heterocycles. The number of thiophene rings is 1. The molecule has 0 aliphatic carbocycles. The largest absolute Gasteiger partial charge is 0.392 e. The van der Waals surface area contributed by atoms with Crippen LogP contribution in [0.1, 0.15) is 18.7 Å². The topological polar surface area (TPSA) is 20.2 Å². The second kappa shape index (κ2) is 4.40. The highest BCUT2D eigenvalue weighted by Crippen LogP contribution is 2.22. The molecular weight excluding hydrogens is 236 g/mol. The predicted octanol–water partition coefficient (Wildman–Crippen LogP) is 3.07. The standard InChI is InChI=1S/C9H13BrOS/c1-6(2)9(11)4-8-3-7(10)5-12-8/h3,5-6,9,11H,4H2,1-2H3. The Labute approximate surface area is 85.6 Å². The van der Waals surface area contributed by atoms with E-state index in [9.17, 15) is 5.11 Å². The number of aliphatic hydroxyl groups is 1. The van der Waals surface area contributed by atoms with Crippen molar-refractivity contribution in [1.82, 2.24) is 0 Å². The van der Waals surface area contributed by atoms with Crippen LogP contribution in [0.15, 0.2) is 15.9 Å². The van der Waals surface area contributed by atoms with Crippen molar-refractivity contribution in [2.75, 3.05) is 0 Å². The lowest BCUT2D eigenvalue weighted by atomic mass is 10.0. The molecule has 68 valence electrons. The van der Waals surface area contributed by atoms with Crippen molar-refractivity contribution in [2.45, 2.75) is 26.4 Å². The molecular formula is C9H13BrOS. The fourth-order valence-electron chi connectivity index (χ4n) is 0.903. The molecule has 0 bridgehead atoms. The van der Waals surface area contributed by atoms with E-state index in [-0.39, 0.29) is 6.10 Å². The first-order valence-electron chi connectivity index (χ1n) is 4.00. The summed E-state index contributed by atoms with van der Waals surface area (Å²) < 4.78 is 1.11. The summed E-state index contributed by atoms with van der Waals surface area (Å²) in [7, 11) is 0. The van der Waals surface area contributed by atoms with Gasteiger partial charge in [-0.2, -0.15) is 0 Å². The molecule has 0 fully saturated rings. The molecule has 0 aromatic carbocycles. The van der Waals surface area contributed by atoms with Crippen LogP contribution < -0.4 is 0 Å². The lowest BCUT2D eigenvalue weighted by Gasteiger charge is -2.12. The van der Waals surface area contributed by atoms with Gasteiger partial charge < -0.3 is 5.11 Å². The molecule has 0 spiro atoms. The van der Waals surface area contributed by atoms with E-state index in [1.165, 1.54) is 4.88 Å². The van der Waals surface area contributed by atoms with Crippen LogP contribution >= 0.6 is 27.3 Å². The van der Waals surface area contributed by atoms with E-state index >= 15 is 0 Å². The minimum absolute atomic E-state index is 0.212. The number of rotatable bonds is 3. The van der Waals surface area contributed by atoms with Crippen LogP contribution in [0.2, 0.25) is 0 Å². The van der Waals surface area contributed by atoms with E-state index in [1.807, 2.05) is 19.2 Å². The quantitative estimate of drug-likeness (QED) is 0.872. The van der Waals surface area contributed by atoms with Gasteiger partial charge in [0.2, 0.25) is 0 Å². The molecule has 0 amide bonds. The summed E-state index contributed by atoms with van der Waals surface area (Å²) in [5.41, 5.74) is 0. The van der Waals surface area contributed by atoms with Crippen LogP contribution in [0.3, 0.4) is 0 Å². The second-order valence-corrected chi connectivity index (χ2v) is 5.16. The van der Waals surface area contributed by atoms with E-state index in [2.05, 4.69) is 22.0 Å². The summed E-state index contributed by atoms with van der Waals surface area (Å²) >= 11 is 5.08. The molecule has 1 rings (SSSR count). The molecule has 0 radical (unpaired) electrons. The van der Waals surface area contributed by atoms with Crippen molar-refractivity contribution in [3.8, 4) is 0 Å². The molecule has 1 nitrogen and oxygen atoms in total. The van der Waals surface area contributed by atoms with Crippen molar-refractivity contribution in [3.05, 3.63) is 20.8 Å². The Morgan fingerprint density at radius 2 is 2.25 bits per heavy atom. The molecule has 0 aliphatic heterocycles. The summed E-state index contributed by atoms with van der Waals surface area (Å²) in [6, 6.07) is 2.07. The predicted molar refractivity (Wildman–Crippen MR) is 56.6 cm³/mol. The van der Waals surface area contributed by atoms with Crippen LogP contribution in [0.4, 0.5) is 0 Å². The third-order valence-electron chi connectivity index (χ3n) is 1.80. The van der Waals surface area contributed by atoms with Gasteiger partial charge in [-0.3, -0.25) is 0 Å². The van der Waals surface area contributed by atoms with Crippen molar-refractivity contribution < 1.29 is 5.11 Å². The Bertz CT molecular complexity index is 244. The molecule has 1 N–H and O–H groups in total. The van der Waals surface area contributed by atoms with Crippen LogP contribution in [-0.4, -0.2) is 11.2 Å². The number of hydrogen-bond donors (Lipinski definition) is 1. The summed E-state index contributed by atoms with van der Waals surface area (Å²) in [6.45, 7) is 4.07. The fraction of sp³-hybridized carbons (Fsp3) is 0.556. The third-order valence-corrected chi connectivity index (χ3v) is 3.52. The summed E-state index contributed by atoms with van der Waals surface area (Å²) in [5.74, 6) is 0.339. The van der Waals surface area contributed by atoms with Crippen LogP contribution in [0.25, 0.3) is 0 Å². The van der Waals surface area contributed by atoms with Gasteiger partial charge in [0.15, 0.2) is 0 Å². The summed E-state index contributed by atoms with van der Waals surface area (Å²) in [6.07, 6.45) is 0.559. The zero-order valence-electron chi connectivity index (χ0n) is 7.25.